The highest BCUT2D eigenvalue weighted by molar-refractivity contribution is 8.03. The first-order chi connectivity index (χ1) is 17.8. The van der Waals surface area contributed by atoms with Crippen molar-refractivity contribution < 1.29 is 9.59 Å². The third-order valence-corrected chi connectivity index (χ3v) is 8.21. The molecule has 2 aromatic carbocycles. The van der Waals surface area contributed by atoms with Gasteiger partial charge in [-0.05, 0) is 74.0 Å². The number of benzene rings is 2. The predicted molar refractivity (Wildman–Crippen MR) is 152 cm³/mol. The molecule has 1 unspecified atom stereocenters. The molecule has 188 valence electrons. The summed E-state index contributed by atoms with van der Waals surface area (Å²) in [5, 5.41) is 21.9. The largest absolute Gasteiger partial charge is 0.353 e. The molecule has 0 fully saturated rings. The summed E-state index contributed by atoms with van der Waals surface area (Å²) in [5.74, 6) is -0.838. The average Bonchev–Trinajstić information content (AvgIpc) is 3.40. The van der Waals surface area contributed by atoms with Crippen LogP contribution in [0, 0.1) is 32.1 Å². The third-order valence-electron chi connectivity index (χ3n) is 6.25. The lowest BCUT2D eigenvalue weighted by atomic mass is 9.86. The fourth-order valence-corrected chi connectivity index (χ4v) is 5.86. The molecule has 1 atom stereocenters. The second-order valence-electron chi connectivity index (χ2n) is 8.87. The summed E-state index contributed by atoms with van der Waals surface area (Å²) in [7, 11) is 0. The molecule has 8 heteroatoms. The van der Waals surface area contributed by atoms with Gasteiger partial charge in [-0.25, -0.2) is 0 Å². The number of nitriles is 1. The normalized spacial score (nSPS) is 15.2. The summed E-state index contributed by atoms with van der Waals surface area (Å²) >= 11 is 2.76. The molecule has 0 bridgehead atoms. The van der Waals surface area contributed by atoms with E-state index in [9.17, 15) is 14.9 Å². The number of thioether (sulfide) groups is 1. The predicted octanol–water partition coefficient (Wildman–Crippen LogP) is 6.38. The van der Waals surface area contributed by atoms with Gasteiger partial charge in [0.15, 0.2) is 0 Å². The van der Waals surface area contributed by atoms with Crippen molar-refractivity contribution >= 4 is 46.3 Å². The number of dihydropyridines is 1. The van der Waals surface area contributed by atoms with E-state index in [4.69, 9.17) is 0 Å². The van der Waals surface area contributed by atoms with Gasteiger partial charge in [-0.1, -0.05) is 42.1 Å². The van der Waals surface area contributed by atoms with Crippen LogP contribution < -0.4 is 16.0 Å². The number of amides is 2. The van der Waals surface area contributed by atoms with Crippen molar-refractivity contribution in [3.8, 4) is 6.07 Å². The Morgan fingerprint density at radius 2 is 1.78 bits per heavy atom. The molecule has 1 aromatic heterocycles. The zero-order chi connectivity index (χ0) is 26.5. The Bertz CT molecular complexity index is 1450. The number of aryl methyl sites for hydroxylation is 3. The number of nitrogens with one attached hydrogen (secondary N) is 3. The van der Waals surface area contributed by atoms with Gasteiger partial charge in [0.1, 0.15) is 0 Å². The molecule has 0 saturated carbocycles. The second-order valence-corrected chi connectivity index (χ2v) is 10.8. The molecule has 1 aliphatic rings. The molecule has 2 amide bonds. The molecule has 37 heavy (non-hydrogen) atoms. The van der Waals surface area contributed by atoms with Crippen molar-refractivity contribution in [1.82, 2.24) is 5.32 Å². The summed E-state index contributed by atoms with van der Waals surface area (Å²) in [4.78, 5) is 27.1. The van der Waals surface area contributed by atoms with Gasteiger partial charge in [-0.15, -0.1) is 11.3 Å². The van der Waals surface area contributed by atoms with Crippen LogP contribution in [0.25, 0.3) is 0 Å². The summed E-state index contributed by atoms with van der Waals surface area (Å²) in [6.07, 6.45) is 0. The number of hydrogen-bond acceptors (Lipinski definition) is 6. The molecular formula is C29H28N4O2S2. The first kappa shape index (κ1) is 26.3. The quantitative estimate of drug-likeness (QED) is 0.331. The minimum absolute atomic E-state index is 0.121. The van der Waals surface area contributed by atoms with Crippen LogP contribution >= 0.6 is 23.1 Å². The van der Waals surface area contributed by atoms with E-state index < -0.39 is 5.92 Å². The van der Waals surface area contributed by atoms with Crippen molar-refractivity contribution in [2.24, 2.45) is 0 Å². The molecule has 6 nitrogen and oxygen atoms in total. The number of carbonyl (C=O) groups is 2. The van der Waals surface area contributed by atoms with E-state index in [1.807, 2.05) is 87.7 Å². The van der Waals surface area contributed by atoms with E-state index in [0.717, 1.165) is 32.9 Å². The number of thiophene rings is 1. The Balaban J connectivity index is 1.58. The van der Waals surface area contributed by atoms with Crippen molar-refractivity contribution in [2.45, 2.75) is 33.6 Å². The molecule has 3 aromatic rings. The van der Waals surface area contributed by atoms with Crippen LogP contribution in [-0.2, 0) is 9.59 Å². The van der Waals surface area contributed by atoms with Gasteiger partial charge in [-0.3, -0.25) is 9.59 Å². The number of para-hydroxylation sites is 1. The first-order valence-corrected chi connectivity index (χ1v) is 13.7. The maximum atomic E-state index is 13.5. The highest BCUT2D eigenvalue weighted by atomic mass is 32.2. The Morgan fingerprint density at radius 1 is 1.00 bits per heavy atom. The number of allylic oxidation sites excluding steroid dienone is 2. The molecule has 4 rings (SSSR count). The van der Waals surface area contributed by atoms with Crippen molar-refractivity contribution in [3.63, 3.8) is 0 Å². The van der Waals surface area contributed by atoms with Crippen LogP contribution in [0.3, 0.4) is 0 Å². The zero-order valence-corrected chi connectivity index (χ0v) is 22.8. The van der Waals surface area contributed by atoms with E-state index in [0.29, 0.717) is 21.9 Å². The SMILES string of the molecule is CC1=C(C(=O)Nc2ccccc2C)C(c2cccs2)C(C#N)=C(SCC(=O)Nc2ccc(C)c(C)c2)N1. The zero-order valence-electron chi connectivity index (χ0n) is 21.1. The van der Waals surface area contributed by atoms with Crippen molar-refractivity contribution in [2.75, 3.05) is 16.4 Å². The standard InChI is InChI=1S/C29H28N4O2S2/c1-17-11-12-21(14-19(17)3)32-25(34)16-37-29-22(15-30)27(24-10-7-13-36-24)26(20(4)31-29)28(35)33-23-9-6-5-8-18(23)2/h5-14,27,31H,16H2,1-4H3,(H,32,34)(H,33,35). The lowest BCUT2D eigenvalue weighted by molar-refractivity contribution is -0.114. The monoisotopic (exact) mass is 528 g/mol. The van der Waals surface area contributed by atoms with E-state index in [2.05, 4.69) is 22.0 Å². The van der Waals surface area contributed by atoms with E-state index >= 15 is 0 Å². The topological polar surface area (TPSA) is 94.0 Å². The second kappa shape index (κ2) is 11.5. The van der Waals surface area contributed by atoms with Crippen LogP contribution in [0.15, 0.2) is 81.8 Å². The van der Waals surface area contributed by atoms with Gasteiger partial charge in [0.05, 0.1) is 28.3 Å². The van der Waals surface area contributed by atoms with Gasteiger partial charge < -0.3 is 16.0 Å². The maximum Gasteiger partial charge on any atom is 0.254 e. The molecule has 0 aliphatic carbocycles. The number of nitrogens with zero attached hydrogens (tertiary/aromatic N) is 1. The van der Waals surface area contributed by atoms with Gasteiger partial charge >= 0.3 is 0 Å². The number of rotatable bonds is 7. The highest BCUT2D eigenvalue weighted by Crippen LogP contribution is 2.42. The van der Waals surface area contributed by atoms with Crippen LogP contribution in [0.4, 0.5) is 11.4 Å². The summed E-state index contributed by atoms with van der Waals surface area (Å²) < 4.78 is 0. The fraction of sp³-hybridized carbons (Fsp3) is 0.207. The smallest absolute Gasteiger partial charge is 0.254 e. The van der Waals surface area contributed by atoms with Crippen LogP contribution in [0.1, 0.15) is 34.4 Å². The molecule has 0 saturated heterocycles. The molecule has 3 N–H and O–H groups in total. The first-order valence-electron chi connectivity index (χ1n) is 11.8. The van der Waals surface area contributed by atoms with E-state index in [1.54, 1.807) is 0 Å². The van der Waals surface area contributed by atoms with Gasteiger partial charge in [-0.2, -0.15) is 5.26 Å². The molecule has 1 aliphatic heterocycles. The molecule has 0 spiro atoms. The Labute approximate surface area is 225 Å². The summed E-state index contributed by atoms with van der Waals surface area (Å²) in [6.45, 7) is 7.79. The minimum Gasteiger partial charge on any atom is -0.353 e. The average molecular weight is 529 g/mol. The molecular weight excluding hydrogens is 500 g/mol. The van der Waals surface area contributed by atoms with E-state index in [-0.39, 0.29) is 17.6 Å². The Morgan fingerprint density at radius 3 is 2.46 bits per heavy atom. The third kappa shape index (κ3) is 5.96. The van der Waals surface area contributed by atoms with Crippen molar-refractivity contribution in [3.05, 3.63) is 103 Å². The Hall–Kier alpha value is -3.80. The van der Waals surface area contributed by atoms with Crippen LogP contribution in [0.5, 0.6) is 0 Å². The maximum absolute atomic E-state index is 13.5. The minimum atomic E-state index is -0.527. The number of carbonyl (C=O) groups excluding carboxylic acids is 2. The Kier molecular flexibility index (Phi) is 8.17. The summed E-state index contributed by atoms with van der Waals surface area (Å²) in [5.41, 5.74) is 6.24. The summed E-state index contributed by atoms with van der Waals surface area (Å²) in [6, 6.07) is 19.5. The van der Waals surface area contributed by atoms with Crippen LogP contribution in [-0.4, -0.2) is 17.6 Å². The highest BCUT2D eigenvalue weighted by Gasteiger charge is 2.35. The van der Waals surface area contributed by atoms with Gasteiger partial charge in [0, 0.05) is 27.5 Å². The van der Waals surface area contributed by atoms with Crippen molar-refractivity contribution in [1.29, 1.82) is 5.26 Å². The number of anilines is 2. The fourth-order valence-electron chi connectivity index (χ4n) is 4.12. The number of hydrogen-bond donors (Lipinski definition) is 3. The van der Waals surface area contributed by atoms with Gasteiger partial charge in [0.25, 0.3) is 5.91 Å². The van der Waals surface area contributed by atoms with Gasteiger partial charge in [0.2, 0.25) is 5.91 Å². The molecule has 0 radical (unpaired) electrons. The van der Waals surface area contributed by atoms with E-state index in [1.165, 1.54) is 23.1 Å². The lowest BCUT2D eigenvalue weighted by Gasteiger charge is -2.29. The van der Waals surface area contributed by atoms with Crippen LogP contribution in [0.2, 0.25) is 0 Å². The molecule has 2 heterocycles. The lowest BCUT2D eigenvalue weighted by Crippen LogP contribution is -2.31.